The Morgan fingerprint density at radius 1 is 1.25 bits per heavy atom. The lowest BCUT2D eigenvalue weighted by atomic mass is 10.1. The zero-order valence-corrected chi connectivity index (χ0v) is 13.0. The maximum atomic E-state index is 8.75. The lowest BCUT2D eigenvalue weighted by molar-refractivity contribution is 0.208. The minimum atomic E-state index is -0.0840. The second kappa shape index (κ2) is 9.58. The fourth-order valence-electron chi connectivity index (χ4n) is 2.21. The number of rotatable bonds is 7. The van der Waals surface area contributed by atoms with Gasteiger partial charge in [0, 0.05) is 18.2 Å². The van der Waals surface area contributed by atoms with Crippen molar-refractivity contribution < 1.29 is 5.11 Å². The van der Waals surface area contributed by atoms with Crippen molar-refractivity contribution in [1.29, 1.82) is 0 Å². The molecule has 1 aromatic carbocycles. The Morgan fingerprint density at radius 3 is 2.70 bits per heavy atom. The van der Waals surface area contributed by atoms with E-state index in [-0.39, 0.29) is 6.61 Å². The summed E-state index contributed by atoms with van der Waals surface area (Å²) in [6.07, 6.45) is 3.82. The number of aliphatic hydroxyl groups is 1. The molecule has 0 amide bonds. The summed E-state index contributed by atoms with van der Waals surface area (Å²) >= 11 is 0. The van der Waals surface area contributed by atoms with Gasteiger partial charge in [0.15, 0.2) is 0 Å². The van der Waals surface area contributed by atoms with Gasteiger partial charge in [0.1, 0.15) is 6.61 Å². The van der Waals surface area contributed by atoms with Crippen LogP contribution in [0.4, 0.5) is 0 Å². The monoisotopic (exact) mass is 273 g/mol. The second-order valence-corrected chi connectivity index (χ2v) is 5.43. The highest BCUT2D eigenvalue weighted by Gasteiger charge is 2.09. The third-order valence-electron chi connectivity index (χ3n) is 3.40. The first-order valence-corrected chi connectivity index (χ1v) is 7.60. The molecule has 110 valence electrons. The Bertz CT molecular complexity index is 442. The zero-order valence-electron chi connectivity index (χ0n) is 13.0. The van der Waals surface area contributed by atoms with Gasteiger partial charge >= 0.3 is 0 Å². The molecule has 0 spiro atoms. The first-order valence-electron chi connectivity index (χ1n) is 7.60. The van der Waals surface area contributed by atoms with Gasteiger partial charge in [0.25, 0.3) is 0 Å². The summed E-state index contributed by atoms with van der Waals surface area (Å²) in [5.74, 6) is 5.67. The summed E-state index contributed by atoms with van der Waals surface area (Å²) in [6.45, 7) is 8.78. The van der Waals surface area contributed by atoms with E-state index in [4.69, 9.17) is 5.11 Å². The fourth-order valence-corrected chi connectivity index (χ4v) is 2.21. The molecule has 0 saturated heterocycles. The van der Waals surface area contributed by atoms with Gasteiger partial charge in [0.2, 0.25) is 0 Å². The molecule has 2 nitrogen and oxygen atoms in total. The lowest BCUT2D eigenvalue weighted by Gasteiger charge is -2.26. The van der Waals surface area contributed by atoms with Gasteiger partial charge in [-0.1, -0.05) is 43.7 Å². The molecule has 0 unspecified atom stereocenters. The third kappa shape index (κ3) is 6.23. The van der Waals surface area contributed by atoms with E-state index >= 15 is 0 Å². The molecule has 0 fully saturated rings. The van der Waals surface area contributed by atoms with Crippen molar-refractivity contribution in [3.8, 4) is 11.8 Å². The average molecular weight is 273 g/mol. The molecule has 0 saturated carbocycles. The van der Waals surface area contributed by atoms with Crippen LogP contribution in [0.2, 0.25) is 0 Å². The predicted octanol–water partition coefficient (Wildman–Crippen LogP) is 3.43. The van der Waals surface area contributed by atoms with E-state index in [1.807, 2.05) is 12.1 Å². The second-order valence-electron chi connectivity index (χ2n) is 5.43. The Morgan fingerprint density at radius 2 is 2.05 bits per heavy atom. The van der Waals surface area contributed by atoms with Crippen molar-refractivity contribution >= 4 is 0 Å². The molecular formula is C18H27NO. The van der Waals surface area contributed by atoms with Crippen LogP contribution in [-0.4, -0.2) is 29.2 Å². The van der Waals surface area contributed by atoms with E-state index < -0.39 is 0 Å². The normalized spacial score (nSPS) is 10.7. The summed E-state index contributed by atoms with van der Waals surface area (Å²) in [5.41, 5.74) is 2.27. The largest absolute Gasteiger partial charge is 0.384 e. The minimum Gasteiger partial charge on any atom is -0.384 e. The Labute approximate surface area is 123 Å². The molecule has 0 radical (unpaired) electrons. The summed E-state index contributed by atoms with van der Waals surface area (Å²) in [5, 5.41) is 8.75. The first-order chi connectivity index (χ1) is 9.67. The molecule has 0 atom stereocenters. The van der Waals surface area contributed by atoms with E-state index in [2.05, 4.69) is 49.6 Å². The molecular weight excluding hydrogens is 246 g/mol. The van der Waals surface area contributed by atoms with E-state index in [0.717, 1.165) is 18.7 Å². The number of unbranched alkanes of at least 4 members (excludes halogenated alkanes) is 2. The maximum Gasteiger partial charge on any atom is 0.104 e. The van der Waals surface area contributed by atoms with Crippen LogP contribution < -0.4 is 0 Å². The van der Waals surface area contributed by atoms with Crippen LogP contribution in [0.5, 0.6) is 0 Å². The zero-order chi connectivity index (χ0) is 14.8. The molecule has 1 rings (SSSR count). The van der Waals surface area contributed by atoms with Crippen molar-refractivity contribution in [1.82, 2.24) is 4.90 Å². The van der Waals surface area contributed by atoms with Gasteiger partial charge < -0.3 is 5.11 Å². The molecule has 1 aromatic rings. The third-order valence-corrected chi connectivity index (χ3v) is 3.40. The lowest BCUT2D eigenvalue weighted by Crippen LogP contribution is -2.31. The van der Waals surface area contributed by atoms with Crippen LogP contribution in [0.15, 0.2) is 24.3 Å². The molecule has 0 aliphatic rings. The summed E-state index contributed by atoms with van der Waals surface area (Å²) < 4.78 is 0. The van der Waals surface area contributed by atoms with E-state index in [0.29, 0.717) is 6.04 Å². The minimum absolute atomic E-state index is 0.0840. The van der Waals surface area contributed by atoms with E-state index in [9.17, 15) is 0 Å². The van der Waals surface area contributed by atoms with Crippen molar-refractivity contribution in [2.24, 2.45) is 0 Å². The predicted molar refractivity (Wildman–Crippen MR) is 85.5 cm³/mol. The van der Waals surface area contributed by atoms with E-state index in [1.54, 1.807) is 0 Å². The highest BCUT2D eigenvalue weighted by Crippen LogP contribution is 2.12. The number of nitrogens with zero attached hydrogens (tertiary/aromatic N) is 1. The molecule has 2 heteroatoms. The van der Waals surface area contributed by atoms with Gasteiger partial charge in [-0.25, -0.2) is 0 Å². The van der Waals surface area contributed by atoms with Crippen LogP contribution >= 0.6 is 0 Å². The molecule has 0 aromatic heterocycles. The van der Waals surface area contributed by atoms with Gasteiger partial charge in [-0.15, -0.1) is 0 Å². The Balaban J connectivity index is 2.67. The topological polar surface area (TPSA) is 23.5 Å². The Hall–Kier alpha value is -1.30. The average Bonchev–Trinajstić information content (AvgIpc) is 2.44. The van der Waals surface area contributed by atoms with E-state index in [1.165, 1.54) is 24.8 Å². The highest BCUT2D eigenvalue weighted by molar-refractivity contribution is 5.37. The van der Waals surface area contributed by atoms with Crippen LogP contribution in [0.1, 0.15) is 51.2 Å². The number of hydrogen-bond acceptors (Lipinski definition) is 2. The van der Waals surface area contributed by atoms with Gasteiger partial charge in [-0.3, -0.25) is 4.90 Å². The SMILES string of the molecule is CCCCCN(Cc1cccc(C#CCO)c1)C(C)C. The van der Waals surface area contributed by atoms with Crippen molar-refractivity contribution in [2.45, 2.75) is 52.6 Å². The number of aliphatic hydroxyl groups excluding tert-OH is 1. The maximum absolute atomic E-state index is 8.75. The molecule has 20 heavy (non-hydrogen) atoms. The Kier molecular flexibility index (Phi) is 8.02. The molecule has 0 aliphatic heterocycles. The summed E-state index contributed by atoms with van der Waals surface area (Å²) in [4.78, 5) is 2.51. The quantitative estimate of drug-likeness (QED) is 0.608. The standard InChI is InChI=1S/C18H27NO/c1-4-5-6-12-19(16(2)3)15-18-10-7-9-17(14-18)11-8-13-20/h7,9-10,14,16,20H,4-6,12-13,15H2,1-3H3. The summed E-state index contributed by atoms with van der Waals surface area (Å²) in [6, 6.07) is 8.86. The van der Waals surface area contributed by atoms with Crippen molar-refractivity contribution in [2.75, 3.05) is 13.2 Å². The molecule has 0 heterocycles. The molecule has 0 aliphatic carbocycles. The van der Waals surface area contributed by atoms with Crippen LogP contribution in [0.25, 0.3) is 0 Å². The van der Waals surface area contributed by atoms with Crippen LogP contribution in [0, 0.1) is 11.8 Å². The number of hydrogen-bond donors (Lipinski definition) is 1. The van der Waals surface area contributed by atoms with Crippen LogP contribution in [-0.2, 0) is 6.54 Å². The fraction of sp³-hybridized carbons (Fsp3) is 0.556. The van der Waals surface area contributed by atoms with Crippen LogP contribution in [0.3, 0.4) is 0 Å². The van der Waals surface area contributed by atoms with Crippen molar-refractivity contribution in [3.05, 3.63) is 35.4 Å². The molecule has 1 N–H and O–H groups in total. The summed E-state index contributed by atoms with van der Waals surface area (Å²) in [7, 11) is 0. The van der Waals surface area contributed by atoms with Crippen molar-refractivity contribution in [3.63, 3.8) is 0 Å². The first kappa shape index (κ1) is 16.8. The smallest absolute Gasteiger partial charge is 0.104 e. The van der Waals surface area contributed by atoms with Gasteiger partial charge in [-0.05, 0) is 44.5 Å². The number of benzene rings is 1. The highest BCUT2D eigenvalue weighted by atomic mass is 16.2. The molecule has 0 bridgehead atoms. The van der Waals surface area contributed by atoms with Gasteiger partial charge in [-0.2, -0.15) is 0 Å². The van der Waals surface area contributed by atoms with Gasteiger partial charge in [0.05, 0.1) is 0 Å².